The normalized spacial score (nSPS) is 13.1. The van der Waals surface area contributed by atoms with Crippen molar-refractivity contribution < 1.29 is 22.4 Å². The number of amides is 1. The molecular formula is C13H14F4N2OS. The van der Waals surface area contributed by atoms with Crippen LogP contribution in [0.2, 0.25) is 0 Å². The molecule has 8 heteroatoms. The maximum absolute atomic E-state index is 13.1. The SMILES string of the molecule is CC(C)C(C(=O)Nc1ccc(F)c(C(F)(F)F)c1)C(N)=S. The molecule has 1 rings (SSSR count). The van der Waals surface area contributed by atoms with Crippen LogP contribution in [0.25, 0.3) is 0 Å². The van der Waals surface area contributed by atoms with Crippen LogP contribution in [-0.2, 0) is 11.0 Å². The summed E-state index contributed by atoms with van der Waals surface area (Å²) in [5, 5.41) is 2.27. The van der Waals surface area contributed by atoms with Crippen LogP contribution in [0, 0.1) is 17.7 Å². The monoisotopic (exact) mass is 322 g/mol. The van der Waals surface area contributed by atoms with Gasteiger partial charge in [-0.3, -0.25) is 4.79 Å². The first-order valence-electron chi connectivity index (χ1n) is 6.01. The molecule has 3 N–H and O–H groups in total. The Morgan fingerprint density at radius 1 is 1.33 bits per heavy atom. The fraction of sp³-hybridized carbons (Fsp3) is 0.385. The van der Waals surface area contributed by atoms with E-state index in [1.54, 1.807) is 13.8 Å². The smallest absolute Gasteiger partial charge is 0.393 e. The number of nitrogens with one attached hydrogen (secondary N) is 1. The Morgan fingerprint density at radius 3 is 2.33 bits per heavy atom. The summed E-state index contributed by atoms with van der Waals surface area (Å²) in [7, 11) is 0. The highest BCUT2D eigenvalue weighted by Crippen LogP contribution is 2.33. The van der Waals surface area contributed by atoms with E-state index < -0.39 is 29.4 Å². The predicted octanol–water partition coefficient (Wildman–Crippen LogP) is 3.34. The molecule has 3 nitrogen and oxygen atoms in total. The molecule has 116 valence electrons. The van der Waals surface area contributed by atoms with Crippen molar-refractivity contribution >= 4 is 28.8 Å². The van der Waals surface area contributed by atoms with Crippen LogP contribution in [0.1, 0.15) is 19.4 Å². The van der Waals surface area contributed by atoms with E-state index in [4.69, 9.17) is 18.0 Å². The van der Waals surface area contributed by atoms with Crippen LogP contribution in [0.3, 0.4) is 0 Å². The third kappa shape index (κ3) is 4.38. The van der Waals surface area contributed by atoms with Gasteiger partial charge in [-0.2, -0.15) is 13.2 Å². The van der Waals surface area contributed by atoms with E-state index in [0.29, 0.717) is 12.1 Å². The summed E-state index contributed by atoms with van der Waals surface area (Å²) in [6.07, 6.45) is -4.84. The number of carbonyl (C=O) groups excluding carboxylic acids is 1. The summed E-state index contributed by atoms with van der Waals surface area (Å²) < 4.78 is 50.9. The molecule has 0 saturated heterocycles. The third-order valence-corrected chi connectivity index (χ3v) is 3.05. The molecule has 0 radical (unpaired) electrons. The average Bonchev–Trinajstić information content (AvgIpc) is 2.29. The molecule has 1 aromatic rings. The predicted molar refractivity (Wildman–Crippen MR) is 75.1 cm³/mol. The topological polar surface area (TPSA) is 55.1 Å². The zero-order valence-corrected chi connectivity index (χ0v) is 12.1. The number of thiocarbonyl (C=S) groups is 1. The number of halogens is 4. The molecular weight excluding hydrogens is 308 g/mol. The molecule has 0 aliphatic carbocycles. The summed E-state index contributed by atoms with van der Waals surface area (Å²) in [6.45, 7) is 3.41. The van der Waals surface area contributed by atoms with E-state index in [9.17, 15) is 22.4 Å². The first kappa shape index (κ1) is 17.4. The molecule has 0 bridgehead atoms. The molecule has 0 aliphatic heterocycles. The van der Waals surface area contributed by atoms with E-state index >= 15 is 0 Å². The third-order valence-electron chi connectivity index (χ3n) is 2.79. The molecule has 0 fully saturated rings. The highest BCUT2D eigenvalue weighted by atomic mass is 32.1. The van der Waals surface area contributed by atoms with Crippen LogP contribution in [0.15, 0.2) is 18.2 Å². The molecule has 0 spiro atoms. The van der Waals surface area contributed by atoms with Crippen molar-refractivity contribution in [3.63, 3.8) is 0 Å². The van der Waals surface area contributed by atoms with Gasteiger partial charge in [0, 0.05) is 5.69 Å². The highest BCUT2D eigenvalue weighted by Gasteiger charge is 2.34. The lowest BCUT2D eigenvalue weighted by Crippen LogP contribution is -2.36. The van der Waals surface area contributed by atoms with Gasteiger partial charge in [0.25, 0.3) is 0 Å². The number of carbonyl (C=O) groups is 1. The van der Waals surface area contributed by atoms with Gasteiger partial charge in [0.15, 0.2) is 0 Å². The Kier molecular flexibility index (Phi) is 5.27. The lowest BCUT2D eigenvalue weighted by atomic mass is 9.95. The molecule has 1 unspecified atom stereocenters. The van der Waals surface area contributed by atoms with Gasteiger partial charge in [0.1, 0.15) is 5.82 Å². The quantitative estimate of drug-likeness (QED) is 0.660. The number of hydrogen-bond donors (Lipinski definition) is 2. The van der Waals surface area contributed by atoms with Crippen molar-refractivity contribution in [1.82, 2.24) is 0 Å². The second-order valence-corrected chi connectivity index (χ2v) is 5.28. The summed E-state index contributed by atoms with van der Waals surface area (Å²) in [5.41, 5.74) is 3.83. The van der Waals surface area contributed by atoms with E-state index in [1.165, 1.54) is 0 Å². The van der Waals surface area contributed by atoms with Gasteiger partial charge >= 0.3 is 6.18 Å². The minimum absolute atomic E-state index is 0.0549. The molecule has 0 aliphatic rings. The van der Waals surface area contributed by atoms with Crippen molar-refractivity contribution in [2.75, 3.05) is 5.32 Å². The van der Waals surface area contributed by atoms with Crippen molar-refractivity contribution in [2.45, 2.75) is 20.0 Å². The Bertz CT molecular complexity index is 558. The number of hydrogen-bond acceptors (Lipinski definition) is 2. The van der Waals surface area contributed by atoms with Crippen molar-refractivity contribution in [3.8, 4) is 0 Å². The van der Waals surface area contributed by atoms with Gasteiger partial charge in [-0.1, -0.05) is 26.1 Å². The maximum Gasteiger partial charge on any atom is 0.419 e. The highest BCUT2D eigenvalue weighted by molar-refractivity contribution is 7.80. The van der Waals surface area contributed by atoms with E-state index in [2.05, 4.69) is 5.32 Å². The van der Waals surface area contributed by atoms with Crippen LogP contribution in [0.4, 0.5) is 23.2 Å². The zero-order chi connectivity index (χ0) is 16.4. The molecule has 0 saturated carbocycles. The van der Waals surface area contributed by atoms with Crippen LogP contribution in [-0.4, -0.2) is 10.9 Å². The minimum Gasteiger partial charge on any atom is -0.393 e. The summed E-state index contributed by atoms with van der Waals surface area (Å²) >= 11 is 4.77. The van der Waals surface area contributed by atoms with Gasteiger partial charge in [-0.25, -0.2) is 4.39 Å². The van der Waals surface area contributed by atoms with Gasteiger partial charge in [-0.05, 0) is 24.1 Å². The molecule has 0 aromatic heterocycles. The standard InChI is InChI=1S/C13H14F4N2OS/c1-6(2)10(11(18)21)12(20)19-7-3-4-9(14)8(5-7)13(15,16)17/h3-6,10H,1-2H3,(H2,18,21)(H,19,20). The molecule has 1 aromatic carbocycles. The summed E-state index contributed by atoms with van der Waals surface area (Å²) in [5.74, 6) is -3.07. The fourth-order valence-corrected chi connectivity index (χ4v) is 2.18. The summed E-state index contributed by atoms with van der Waals surface area (Å²) in [6, 6.07) is 2.22. The number of alkyl halides is 3. The van der Waals surface area contributed by atoms with Gasteiger partial charge in [0.2, 0.25) is 5.91 Å². The number of benzene rings is 1. The first-order chi connectivity index (χ1) is 9.54. The van der Waals surface area contributed by atoms with Crippen molar-refractivity contribution in [2.24, 2.45) is 17.6 Å². The minimum atomic E-state index is -4.84. The van der Waals surface area contributed by atoms with Crippen LogP contribution in [0.5, 0.6) is 0 Å². The Balaban J connectivity index is 3.04. The lowest BCUT2D eigenvalue weighted by Gasteiger charge is -2.19. The maximum atomic E-state index is 13.1. The van der Waals surface area contributed by atoms with Crippen molar-refractivity contribution in [1.29, 1.82) is 0 Å². The number of nitrogens with two attached hydrogens (primary N) is 1. The van der Waals surface area contributed by atoms with Gasteiger partial charge in [-0.15, -0.1) is 0 Å². The average molecular weight is 322 g/mol. The van der Waals surface area contributed by atoms with E-state index in [1.807, 2.05) is 0 Å². The Morgan fingerprint density at radius 2 is 1.90 bits per heavy atom. The van der Waals surface area contributed by atoms with Gasteiger partial charge in [0.05, 0.1) is 16.5 Å². The molecule has 21 heavy (non-hydrogen) atoms. The fourth-order valence-electron chi connectivity index (χ4n) is 1.80. The molecule has 1 atom stereocenters. The van der Waals surface area contributed by atoms with Crippen molar-refractivity contribution in [3.05, 3.63) is 29.6 Å². The van der Waals surface area contributed by atoms with Crippen LogP contribution < -0.4 is 11.1 Å². The first-order valence-corrected chi connectivity index (χ1v) is 6.41. The second kappa shape index (κ2) is 6.38. The Hall–Kier alpha value is -1.70. The lowest BCUT2D eigenvalue weighted by molar-refractivity contribution is -0.140. The number of rotatable bonds is 4. The largest absolute Gasteiger partial charge is 0.419 e. The van der Waals surface area contributed by atoms with Gasteiger partial charge < -0.3 is 11.1 Å². The van der Waals surface area contributed by atoms with Crippen LogP contribution >= 0.6 is 12.2 Å². The zero-order valence-electron chi connectivity index (χ0n) is 11.3. The van der Waals surface area contributed by atoms with E-state index in [-0.39, 0.29) is 16.6 Å². The molecule has 0 heterocycles. The number of anilines is 1. The summed E-state index contributed by atoms with van der Waals surface area (Å²) in [4.78, 5) is 11.9. The molecule has 1 amide bonds. The Labute approximate surface area is 124 Å². The van der Waals surface area contributed by atoms with E-state index in [0.717, 1.165) is 6.07 Å². The second-order valence-electron chi connectivity index (χ2n) is 4.81.